The summed E-state index contributed by atoms with van der Waals surface area (Å²) in [6, 6.07) is -0.611. The number of unbranched alkanes of at least 4 members (excludes halogenated alkanes) is 1. The molecule has 0 aromatic heterocycles. The maximum Gasteiger partial charge on any atom is 0.139 e. The summed E-state index contributed by atoms with van der Waals surface area (Å²) in [5.74, 6) is 0.264. The number of aliphatic hydroxyl groups excluding tert-OH is 4. The molecule has 112 valence electrons. The van der Waals surface area contributed by atoms with Crippen LogP contribution in [0.1, 0.15) is 39.5 Å². The van der Waals surface area contributed by atoms with Crippen LogP contribution >= 0.6 is 0 Å². The molecule has 19 heavy (non-hydrogen) atoms. The fourth-order valence-corrected chi connectivity index (χ4v) is 2.22. The molecule has 0 bridgehead atoms. The van der Waals surface area contributed by atoms with Crippen molar-refractivity contribution >= 4 is 5.84 Å². The van der Waals surface area contributed by atoms with Gasteiger partial charge in [-0.05, 0) is 12.8 Å². The predicted octanol–water partition coefficient (Wildman–Crippen LogP) is -0.599. The summed E-state index contributed by atoms with van der Waals surface area (Å²) in [5.41, 5.74) is 0. The molecule has 0 amide bonds. The molecule has 0 aliphatic carbocycles. The third-order valence-electron chi connectivity index (χ3n) is 3.59. The van der Waals surface area contributed by atoms with Crippen LogP contribution in [0.5, 0.6) is 0 Å². The second-order valence-electron chi connectivity index (χ2n) is 5.08. The average Bonchev–Trinajstić information content (AvgIpc) is 2.43. The van der Waals surface area contributed by atoms with E-state index in [4.69, 9.17) is 5.11 Å². The molecule has 0 aromatic carbocycles. The second-order valence-corrected chi connectivity index (χ2v) is 5.08. The Morgan fingerprint density at radius 1 is 1.21 bits per heavy atom. The fourth-order valence-electron chi connectivity index (χ4n) is 2.22. The van der Waals surface area contributed by atoms with Crippen LogP contribution in [0.15, 0.2) is 4.99 Å². The Kier molecular flexibility index (Phi) is 6.71. The molecule has 1 aliphatic heterocycles. The molecule has 1 rings (SSSR count). The summed E-state index contributed by atoms with van der Waals surface area (Å²) in [7, 11) is 0. The number of nitrogens with one attached hydrogen (secondary N) is 1. The van der Waals surface area contributed by atoms with Crippen molar-refractivity contribution in [1.29, 1.82) is 0 Å². The zero-order valence-corrected chi connectivity index (χ0v) is 11.7. The average molecular weight is 274 g/mol. The number of hydrogen-bond acceptors (Lipinski definition) is 6. The van der Waals surface area contributed by atoms with Gasteiger partial charge in [0.25, 0.3) is 0 Å². The molecule has 0 spiro atoms. The van der Waals surface area contributed by atoms with Crippen LogP contribution in [0.3, 0.4) is 0 Å². The van der Waals surface area contributed by atoms with Gasteiger partial charge in [-0.15, -0.1) is 0 Å². The summed E-state index contributed by atoms with van der Waals surface area (Å²) < 4.78 is 0. The van der Waals surface area contributed by atoms with Crippen molar-refractivity contribution in [2.24, 2.45) is 4.99 Å². The third-order valence-corrected chi connectivity index (χ3v) is 3.59. The second kappa shape index (κ2) is 7.79. The van der Waals surface area contributed by atoms with Gasteiger partial charge in [-0.25, -0.2) is 0 Å². The van der Waals surface area contributed by atoms with Gasteiger partial charge in [-0.1, -0.05) is 26.7 Å². The fraction of sp³-hybridized carbons (Fsp3) is 0.923. The predicted molar refractivity (Wildman–Crippen MR) is 73.1 cm³/mol. The Bertz CT molecular complexity index is 298. The molecule has 1 heterocycles. The summed E-state index contributed by atoms with van der Waals surface area (Å²) in [6.45, 7) is 3.79. The lowest BCUT2D eigenvalue weighted by molar-refractivity contribution is -0.0599. The molecule has 1 aliphatic rings. The van der Waals surface area contributed by atoms with E-state index in [2.05, 4.69) is 17.2 Å². The largest absolute Gasteiger partial charge is 0.394 e. The van der Waals surface area contributed by atoms with Gasteiger partial charge in [0.05, 0.1) is 6.61 Å². The van der Waals surface area contributed by atoms with Gasteiger partial charge in [0, 0.05) is 6.04 Å². The van der Waals surface area contributed by atoms with Gasteiger partial charge >= 0.3 is 0 Å². The van der Waals surface area contributed by atoms with Gasteiger partial charge in [0.1, 0.15) is 30.2 Å². The maximum atomic E-state index is 9.91. The van der Waals surface area contributed by atoms with E-state index < -0.39 is 24.4 Å². The molecule has 1 unspecified atom stereocenters. The zero-order valence-electron chi connectivity index (χ0n) is 11.7. The number of amidine groups is 1. The lowest BCUT2D eigenvalue weighted by atomic mass is 9.96. The SMILES string of the molecule is CCCCC(CC)NC1=N[C@H](CO)[C@H](O)[C@H](O)[C@H]1O. The monoisotopic (exact) mass is 274 g/mol. The summed E-state index contributed by atoms with van der Waals surface area (Å²) in [5, 5.41) is 41.6. The molecule has 6 nitrogen and oxygen atoms in total. The Labute approximate surface area is 114 Å². The van der Waals surface area contributed by atoms with Crippen molar-refractivity contribution in [3.63, 3.8) is 0 Å². The van der Waals surface area contributed by atoms with E-state index in [0.717, 1.165) is 25.7 Å². The molecule has 0 aromatic rings. The highest BCUT2D eigenvalue weighted by atomic mass is 16.4. The highest BCUT2D eigenvalue weighted by Crippen LogP contribution is 2.16. The minimum atomic E-state index is -1.32. The smallest absolute Gasteiger partial charge is 0.139 e. The molecular formula is C13H26N2O4. The van der Waals surface area contributed by atoms with E-state index in [9.17, 15) is 15.3 Å². The summed E-state index contributed by atoms with van der Waals surface area (Å²) >= 11 is 0. The Hall–Kier alpha value is -0.690. The van der Waals surface area contributed by atoms with E-state index in [0.29, 0.717) is 0 Å². The first-order valence-corrected chi connectivity index (χ1v) is 7.04. The van der Waals surface area contributed by atoms with E-state index in [-0.39, 0.29) is 18.5 Å². The first kappa shape index (κ1) is 16.4. The van der Waals surface area contributed by atoms with E-state index in [1.54, 1.807) is 0 Å². The van der Waals surface area contributed by atoms with Crippen LogP contribution in [-0.2, 0) is 0 Å². The maximum absolute atomic E-state index is 9.91. The molecule has 5 N–H and O–H groups in total. The van der Waals surface area contributed by atoms with Crippen LogP contribution in [-0.4, -0.2) is 63.3 Å². The van der Waals surface area contributed by atoms with Crippen molar-refractivity contribution in [3.8, 4) is 0 Å². The van der Waals surface area contributed by atoms with Crippen molar-refractivity contribution in [2.45, 2.75) is 69.9 Å². The van der Waals surface area contributed by atoms with Gasteiger partial charge in [0.15, 0.2) is 0 Å². The highest BCUT2D eigenvalue weighted by molar-refractivity contribution is 5.88. The Balaban J connectivity index is 2.73. The number of rotatable bonds is 6. The molecule has 0 fully saturated rings. The topological polar surface area (TPSA) is 105 Å². The van der Waals surface area contributed by atoms with Gasteiger partial charge < -0.3 is 25.7 Å². The van der Waals surface area contributed by atoms with Crippen molar-refractivity contribution in [2.75, 3.05) is 6.61 Å². The molecule has 6 heteroatoms. The minimum absolute atomic E-state index is 0.176. The van der Waals surface area contributed by atoms with Gasteiger partial charge in [0.2, 0.25) is 0 Å². The molecule has 0 saturated heterocycles. The van der Waals surface area contributed by atoms with Crippen LogP contribution in [0, 0.1) is 0 Å². The first-order valence-electron chi connectivity index (χ1n) is 7.04. The number of aliphatic imine (C=N–C) groups is 1. The van der Waals surface area contributed by atoms with Crippen molar-refractivity contribution in [3.05, 3.63) is 0 Å². The van der Waals surface area contributed by atoms with Gasteiger partial charge in [-0.2, -0.15) is 0 Å². The summed E-state index contributed by atoms with van der Waals surface area (Å²) in [6.07, 6.45) is 0.225. The number of hydrogen-bond donors (Lipinski definition) is 5. The normalized spacial score (nSPS) is 32.8. The number of nitrogens with zero attached hydrogens (tertiary/aromatic N) is 1. The molecule has 0 saturated carbocycles. The van der Waals surface area contributed by atoms with Crippen LogP contribution < -0.4 is 5.32 Å². The van der Waals surface area contributed by atoms with Crippen LogP contribution in [0.25, 0.3) is 0 Å². The van der Waals surface area contributed by atoms with Gasteiger partial charge in [-0.3, -0.25) is 4.99 Å². The molecule has 0 radical (unpaired) electrons. The third kappa shape index (κ3) is 4.14. The van der Waals surface area contributed by atoms with E-state index in [1.807, 2.05) is 6.92 Å². The first-order chi connectivity index (χ1) is 9.04. The Morgan fingerprint density at radius 3 is 2.42 bits per heavy atom. The van der Waals surface area contributed by atoms with Crippen molar-refractivity contribution < 1.29 is 20.4 Å². The van der Waals surface area contributed by atoms with E-state index >= 15 is 0 Å². The quantitative estimate of drug-likeness (QED) is 0.445. The number of aliphatic hydroxyl groups is 4. The summed E-state index contributed by atoms with van der Waals surface area (Å²) in [4.78, 5) is 4.10. The minimum Gasteiger partial charge on any atom is -0.394 e. The Morgan fingerprint density at radius 2 is 1.89 bits per heavy atom. The zero-order chi connectivity index (χ0) is 14.4. The molecular weight excluding hydrogens is 248 g/mol. The lowest BCUT2D eigenvalue weighted by Gasteiger charge is -2.34. The van der Waals surface area contributed by atoms with Crippen LogP contribution in [0.4, 0.5) is 0 Å². The van der Waals surface area contributed by atoms with Crippen molar-refractivity contribution in [1.82, 2.24) is 5.32 Å². The lowest BCUT2D eigenvalue weighted by Crippen LogP contribution is -2.57. The standard InChI is InChI=1S/C13H26N2O4/c1-3-5-6-8(4-2)14-13-12(19)11(18)10(17)9(7-16)15-13/h8-12,16-19H,3-7H2,1-2H3,(H,14,15)/t8?,9-,10+,11+,12-/m1/s1. The van der Waals surface area contributed by atoms with E-state index in [1.165, 1.54) is 0 Å². The molecule has 5 atom stereocenters. The van der Waals surface area contributed by atoms with Crippen LogP contribution in [0.2, 0.25) is 0 Å². The highest BCUT2D eigenvalue weighted by Gasteiger charge is 2.38.